The minimum absolute atomic E-state index is 0.742. The Hall–Kier alpha value is -0.120. The van der Waals surface area contributed by atoms with Gasteiger partial charge in [-0.2, -0.15) is 0 Å². The molecule has 0 aliphatic carbocycles. The van der Waals surface area contributed by atoms with Gasteiger partial charge < -0.3 is 4.74 Å². The molecule has 2 aliphatic rings. The van der Waals surface area contributed by atoms with Crippen LogP contribution in [0.3, 0.4) is 0 Å². The van der Waals surface area contributed by atoms with Gasteiger partial charge in [0.1, 0.15) is 0 Å². The van der Waals surface area contributed by atoms with Gasteiger partial charge in [0.05, 0.1) is 0 Å². The first-order valence-corrected chi connectivity index (χ1v) is 6.01. The molecular formula is C11H22N2O. The Bertz CT molecular complexity index is 163. The van der Waals surface area contributed by atoms with Crippen molar-refractivity contribution < 1.29 is 4.74 Å². The van der Waals surface area contributed by atoms with Crippen LogP contribution in [0.25, 0.3) is 0 Å². The molecule has 0 aromatic heterocycles. The lowest BCUT2D eigenvalue weighted by atomic mass is 10.1. The van der Waals surface area contributed by atoms with Crippen molar-refractivity contribution in [2.24, 2.45) is 0 Å². The fourth-order valence-electron chi connectivity index (χ4n) is 2.63. The monoisotopic (exact) mass is 198 g/mol. The highest BCUT2D eigenvalue weighted by Gasteiger charge is 2.26. The van der Waals surface area contributed by atoms with Crippen LogP contribution < -0.4 is 0 Å². The first-order chi connectivity index (χ1) is 6.92. The summed E-state index contributed by atoms with van der Waals surface area (Å²) in [5.41, 5.74) is 0. The van der Waals surface area contributed by atoms with Crippen molar-refractivity contribution in [2.75, 3.05) is 32.8 Å². The van der Waals surface area contributed by atoms with Crippen LogP contribution in [0.15, 0.2) is 0 Å². The molecule has 2 heterocycles. The Morgan fingerprint density at radius 2 is 1.86 bits per heavy atom. The standard InChI is InChI=1S/C11H22N2O/c1-2-13(12-7-3-4-8-12)11-5-9-14-10-6-11/h11H,2-10H2,1H3. The van der Waals surface area contributed by atoms with Gasteiger partial charge in [-0.25, -0.2) is 10.0 Å². The predicted molar refractivity (Wildman–Crippen MR) is 57.0 cm³/mol. The number of ether oxygens (including phenoxy) is 1. The number of rotatable bonds is 3. The van der Waals surface area contributed by atoms with Crippen molar-refractivity contribution in [3.05, 3.63) is 0 Å². The van der Waals surface area contributed by atoms with E-state index in [4.69, 9.17) is 4.74 Å². The largest absolute Gasteiger partial charge is 0.381 e. The molecule has 2 fully saturated rings. The third-order valence-electron chi connectivity index (χ3n) is 3.38. The number of nitrogens with zero attached hydrogens (tertiary/aromatic N) is 2. The summed E-state index contributed by atoms with van der Waals surface area (Å²) in [6.45, 7) is 7.87. The van der Waals surface area contributed by atoms with E-state index in [-0.39, 0.29) is 0 Å². The van der Waals surface area contributed by atoms with Gasteiger partial charge in [0, 0.05) is 38.9 Å². The first kappa shape index (κ1) is 10.4. The third kappa shape index (κ3) is 2.27. The average molecular weight is 198 g/mol. The predicted octanol–water partition coefficient (Wildman–Crippen LogP) is 1.50. The maximum atomic E-state index is 5.41. The van der Waals surface area contributed by atoms with E-state index in [2.05, 4.69) is 16.9 Å². The summed E-state index contributed by atoms with van der Waals surface area (Å²) in [6.07, 6.45) is 5.17. The van der Waals surface area contributed by atoms with Crippen molar-refractivity contribution in [3.63, 3.8) is 0 Å². The second-order valence-electron chi connectivity index (χ2n) is 4.26. The van der Waals surface area contributed by atoms with Crippen molar-refractivity contribution in [3.8, 4) is 0 Å². The van der Waals surface area contributed by atoms with Gasteiger partial charge in [0.25, 0.3) is 0 Å². The number of hydrogen-bond acceptors (Lipinski definition) is 3. The first-order valence-electron chi connectivity index (χ1n) is 6.01. The molecule has 0 atom stereocenters. The van der Waals surface area contributed by atoms with E-state index in [1.165, 1.54) is 38.8 Å². The summed E-state index contributed by atoms with van der Waals surface area (Å²) in [5.74, 6) is 0. The van der Waals surface area contributed by atoms with Gasteiger partial charge in [-0.1, -0.05) is 6.92 Å². The second-order valence-corrected chi connectivity index (χ2v) is 4.26. The second kappa shape index (κ2) is 5.10. The van der Waals surface area contributed by atoms with Crippen LogP contribution in [-0.4, -0.2) is 48.9 Å². The molecule has 2 aliphatic heterocycles. The molecule has 0 amide bonds. The quantitative estimate of drug-likeness (QED) is 0.683. The van der Waals surface area contributed by atoms with Crippen LogP contribution >= 0.6 is 0 Å². The zero-order chi connectivity index (χ0) is 9.80. The lowest BCUT2D eigenvalue weighted by Crippen LogP contribution is -2.49. The molecule has 0 bridgehead atoms. The Morgan fingerprint density at radius 3 is 2.43 bits per heavy atom. The zero-order valence-electron chi connectivity index (χ0n) is 9.24. The van der Waals surface area contributed by atoms with Gasteiger partial charge in [-0.05, 0) is 25.7 Å². The van der Waals surface area contributed by atoms with Gasteiger partial charge >= 0.3 is 0 Å². The lowest BCUT2D eigenvalue weighted by molar-refractivity contribution is -0.0745. The van der Waals surface area contributed by atoms with Crippen LogP contribution in [0.5, 0.6) is 0 Å². The van der Waals surface area contributed by atoms with Crippen LogP contribution in [0.1, 0.15) is 32.6 Å². The maximum Gasteiger partial charge on any atom is 0.0481 e. The summed E-state index contributed by atoms with van der Waals surface area (Å²) in [5, 5.41) is 5.13. The average Bonchev–Trinajstić information content (AvgIpc) is 2.74. The SMILES string of the molecule is CCN(C1CCOCC1)N1CCCC1. The van der Waals surface area contributed by atoms with Crippen molar-refractivity contribution in [1.29, 1.82) is 0 Å². The molecule has 0 N–H and O–H groups in total. The highest BCUT2D eigenvalue weighted by molar-refractivity contribution is 4.75. The van der Waals surface area contributed by atoms with Crippen molar-refractivity contribution >= 4 is 0 Å². The van der Waals surface area contributed by atoms with Crippen molar-refractivity contribution in [2.45, 2.75) is 38.6 Å². The highest BCUT2D eigenvalue weighted by Crippen LogP contribution is 2.19. The zero-order valence-corrected chi connectivity index (χ0v) is 9.24. The topological polar surface area (TPSA) is 15.7 Å². The fourth-order valence-corrected chi connectivity index (χ4v) is 2.63. The summed E-state index contributed by atoms with van der Waals surface area (Å²) < 4.78 is 5.41. The molecule has 0 spiro atoms. The Balaban J connectivity index is 1.89. The minimum Gasteiger partial charge on any atom is -0.381 e. The molecule has 0 aromatic rings. The number of hydrazine groups is 1. The van der Waals surface area contributed by atoms with E-state index >= 15 is 0 Å². The van der Waals surface area contributed by atoms with Gasteiger partial charge in [0.2, 0.25) is 0 Å². The van der Waals surface area contributed by atoms with E-state index in [0.717, 1.165) is 25.8 Å². The van der Waals surface area contributed by atoms with E-state index in [1.54, 1.807) is 0 Å². The molecule has 3 heteroatoms. The summed E-state index contributed by atoms with van der Waals surface area (Å²) in [6, 6.07) is 0.742. The third-order valence-corrected chi connectivity index (χ3v) is 3.38. The molecular weight excluding hydrogens is 176 g/mol. The van der Waals surface area contributed by atoms with Gasteiger partial charge in [-0.3, -0.25) is 0 Å². The minimum atomic E-state index is 0.742. The normalized spacial score (nSPS) is 26.1. The van der Waals surface area contributed by atoms with E-state index < -0.39 is 0 Å². The Kier molecular flexibility index (Phi) is 3.79. The van der Waals surface area contributed by atoms with E-state index in [9.17, 15) is 0 Å². The molecule has 0 unspecified atom stereocenters. The molecule has 14 heavy (non-hydrogen) atoms. The number of hydrogen-bond donors (Lipinski definition) is 0. The van der Waals surface area contributed by atoms with Crippen LogP contribution in [-0.2, 0) is 4.74 Å². The molecule has 0 saturated carbocycles. The molecule has 2 rings (SSSR count). The van der Waals surface area contributed by atoms with Crippen LogP contribution in [0.4, 0.5) is 0 Å². The van der Waals surface area contributed by atoms with Crippen molar-refractivity contribution in [1.82, 2.24) is 10.0 Å². The molecule has 3 nitrogen and oxygen atoms in total. The Labute approximate surface area is 87.0 Å². The van der Waals surface area contributed by atoms with Crippen LogP contribution in [0.2, 0.25) is 0 Å². The summed E-state index contributed by atoms with van der Waals surface area (Å²) >= 11 is 0. The van der Waals surface area contributed by atoms with Gasteiger partial charge in [0.15, 0.2) is 0 Å². The highest BCUT2D eigenvalue weighted by atomic mass is 16.5. The smallest absolute Gasteiger partial charge is 0.0481 e. The van der Waals surface area contributed by atoms with Crippen LogP contribution in [0, 0.1) is 0 Å². The molecule has 0 aromatic carbocycles. The van der Waals surface area contributed by atoms with E-state index in [0.29, 0.717) is 0 Å². The molecule has 0 radical (unpaired) electrons. The Morgan fingerprint density at radius 1 is 1.21 bits per heavy atom. The van der Waals surface area contributed by atoms with E-state index in [1.807, 2.05) is 0 Å². The lowest BCUT2D eigenvalue weighted by Gasteiger charge is -2.39. The summed E-state index contributed by atoms with van der Waals surface area (Å²) in [4.78, 5) is 0. The summed E-state index contributed by atoms with van der Waals surface area (Å²) in [7, 11) is 0. The molecule has 82 valence electrons. The molecule has 2 saturated heterocycles. The van der Waals surface area contributed by atoms with Gasteiger partial charge in [-0.15, -0.1) is 0 Å². The maximum absolute atomic E-state index is 5.41. The fraction of sp³-hybridized carbons (Fsp3) is 1.00.